The van der Waals surface area contributed by atoms with Crippen LogP contribution in [0.3, 0.4) is 0 Å². The van der Waals surface area contributed by atoms with Crippen molar-refractivity contribution in [3.8, 4) is 0 Å². The Hall–Kier alpha value is -0.650. The molecule has 5 nitrogen and oxygen atoms in total. The first-order valence-electron chi connectivity index (χ1n) is 6.39. The smallest absolute Gasteiger partial charge is 0.305 e. The number of morpholine rings is 1. The number of rotatable bonds is 6. The maximum atomic E-state index is 11.1. The van der Waals surface area contributed by atoms with Crippen molar-refractivity contribution >= 4 is 5.97 Å². The zero-order valence-electron chi connectivity index (χ0n) is 11.9. The lowest BCUT2D eigenvalue weighted by Gasteiger charge is -2.46. The van der Waals surface area contributed by atoms with Crippen molar-refractivity contribution in [3.05, 3.63) is 0 Å². The van der Waals surface area contributed by atoms with Gasteiger partial charge in [0, 0.05) is 25.7 Å². The molecule has 1 aliphatic rings. The summed E-state index contributed by atoms with van der Waals surface area (Å²) in [5.74, 6) is -0.768. The standard InChI is InChI=1S/C13H25NO4/c1-12(2,17-4)10-13(3,9-11(15)16)14-5-7-18-8-6-14/h5-10H2,1-4H3,(H,15,16). The Morgan fingerprint density at radius 3 is 2.33 bits per heavy atom. The van der Waals surface area contributed by atoms with Crippen LogP contribution in [0.1, 0.15) is 33.6 Å². The van der Waals surface area contributed by atoms with Gasteiger partial charge in [-0.25, -0.2) is 0 Å². The Balaban J connectivity index is 2.82. The fourth-order valence-corrected chi connectivity index (χ4v) is 2.70. The van der Waals surface area contributed by atoms with Gasteiger partial charge in [0.2, 0.25) is 0 Å². The zero-order valence-corrected chi connectivity index (χ0v) is 11.9. The van der Waals surface area contributed by atoms with Gasteiger partial charge in [-0.1, -0.05) is 0 Å². The van der Waals surface area contributed by atoms with Crippen molar-refractivity contribution in [2.24, 2.45) is 0 Å². The van der Waals surface area contributed by atoms with Gasteiger partial charge >= 0.3 is 5.97 Å². The molecular weight excluding hydrogens is 234 g/mol. The summed E-state index contributed by atoms with van der Waals surface area (Å²) in [5, 5.41) is 9.15. The van der Waals surface area contributed by atoms with E-state index in [4.69, 9.17) is 14.6 Å². The summed E-state index contributed by atoms with van der Waals surface area (Å²) in [6, 6.07) is 0. The van der Waals surface area contributed by atoms with Crippen molar-refractivity contribution in [3.63, 3.8) is 0 Å². The molecule has 1 aliphatic heterocycles. The average Bonchev–Trinajstić information content (AvgIpc) is 2.28. The summed E-state index contributed by atoms with van der Waals surface area (Å²) in [6.07, 6.45) is 0.808. The summed E-state index contributed by atoms with van der Waals surface area (Å²) >= 11 is 0. The highest BCUT2D eigenvalue weighted by Gasteiger charge is 2.39. The van der Waals surface area contributed by atoms with E-state index in [0.29, 0.717) is 19.6 Å². The molecule has 0 amide bonds. The first-order valence-corrected chi connectivity index (χ1v) is 6.39. The van der Waals surface area contributed by atoms with Crippen molar-refractivity contribution in [1.82, 2.24) is 4.90 Å². The molecule has 106 valence electrons. The van der Waals surface area contributed by atoms with Gasteiger partial charge in [0.15, 0.2) is 0 Å². The number of carboxylic acids is 1. The fourth-order valence-electron chi connectivity index (χ4n) is 2.70. The van der Waals surface area contributed by atoms with E-state index in [-0.39, 0.29) is 12.0 Å². The molecule has 1 saturated heterocycles. The molecule has 0 aromatic rings. The van der Waals surface area contributed by atoms with Gasteiger partial charge in [-0.2, -0.15) is 0 Å². The third-order valence-corrected chi connectivity index (χ3v) is 3.67. The number of nitrogens with zero attached hydrogens (tertiary/aromatic N) is 1. The maximum Gasteiger partial charge on any atom is 0.305 e. The lowest BCUT2D eigenvalue weighted by Crippen LogP contribution is -2.55. The lowest BCUT2D eigenvalue weighted by atomic mass is 9.83. The van der Waals surface area contributed by atoms with Crippen LogP contribution in [0.15, 0.2) is 0 Å². The third kappa shape index (κ3) is 4.23. The van der Waals surface area contributed by atoms with Gasteiger partial charge in [-0.05, 0) is 27.2 Å². The molecule has 1 N–H and O–H groups in total. The van der Waals surface area contributed by atoms with Crippen molar-refractivity contribution in [1.29, 1.82) is 0 Å². The van der Waals surface area contributed by atoms with Gasteiger partial charge in [0.1, 0.15) is 0 Å². The Morgan fingerprint density at radius 2 is 1.89 bits per heavy atom. The number of carboxylic acid groups (broad SMARTS) is 1. The Morgan fingerprint density at radius 1 is 1.33 bits per heavy atom. The van der Waals surface area contributed by atoms with E-state index < -0.39 is 11.5 Å². The molecule has 1 atom stereocenters. The SMILES string of the molecule is COC(C)(C)CC(C)(CC(=O)O)N1CCOCC1. The minimum Gasteiger partial charge on any atom is -0.481 e. The number of aliphatic carboxylic acids is 1. The molecule has 1 unspecified atom stereocenters. The molecule has 0 spiro atoms. The molecule has 1 fully saturated rings. The van der Waals surface area contributed by atoms with E-state index in [9.17, 15) is 4.79 Å². The van der Waals surface area contributed by atoms with E-state index in [0.717, 1.165) is 13.1 Å². The highest BCUT2D eigenvalue weighted by atomic mass is 16.5. The highest BCUT2D eigenvalue weighted by Crippen LogP contribution is 2.31. The quantitative estimate of drug-likeness (QED) is 0.780. The summed E-state index contributed by atoms with van der Waals surface area (Å²) in [7, 11) is 1.67. The average molecular weight is 259 g/mol. The van der Waals surface area contributed by atoms with Crippen molar-refractivity contribution in [2.75, 3.05) is 33.4 Å². The van der Waals surface area contributed by atoms with E-state index >= 15 is 0 Å². The van der Waals surface area contributed by atoms with Crippen LogP contribution in [0.5, 0.6) is 0 Å². The van der Waals surface area contributed by atoms with Crippen LogP contribution in [0, 0.1) is 0 Å². The zero-order chi connectivity index (χ0) is 13.8. The van der Waals surface area contributed by atoms with Crippen LogP contribution in [-0.2, 0) is 14.3 Å². The highest BCUT2D eigenvalue weighted by molar-refractivity contribution is 5.68. The number of hydrogen-bond donors (Lipinski definition) is 1. The van der Waals surface area contributed by atoms with Crippen LogP contribution in [0.4, 0.5) is 0 Å². The van der Waals surface area contributed by atoms with Crippen LogP contribution in [0.25, 0.3) is 0 Å². The van der Waals surface area contributed by atoms with Crippen LogP contribution in [0.2, 0.25) is 0 Å². The molecule has 0 bridgehead atoms. The minimum absolute atomic E-state index is 0.125. The summed E-state index contributed by atoms with van der Waals surface area (Å²) in [6.45, 7) is 8.90. The molecule has 0 aliphatic carbocycles. The normalized spacial score (nSPS) is 21.6. The molecule has 0 aromatic heterocycles. The topological polar surface area (TPSA) is 59.0 Å². The van der Waals surface area contributed by atoms with E-state index in [1.807, 2.05) is 20.8 Å². The second kappa shape index (κ2) is 5.99. The number of ether oxygens (including phenoxy) is 2. The monoisotopic (exact) mass is 259 g/mol. The molecule has 18 heavy (non-hydrogen) atoms. The first kappa shape index (κ1) is 15.4. The molecule has 5 heteroatoms. The second-order valence-electron chi connectivity index (χ2n) is 5.81. The minimum atomic E-state index is -0.768. The summed E-state index contributed by atoms with van der Waals surface area (Å²) < 4.78 is 10.8. The molecule has 0 saturated carbocycles. The van der Waals surface area contributed by atoms with E-state index in [1.165, 1.54) is 0 Å². The number of carbonyl (C=O) groups is 1. The largest absolute Gasteiger partial charge is 0.481 e. The van der Waals surface area contributed by atoms with Crippen molar-refractivity contribution < 1.29 is 19.4 Å². The van der Waals surface area contributed by atoms with Crippen molar-refractivity contribution in [2.45, 2.75) is 44.8 Å². The van der Waals surface area contributed by atoms with Gasteiger partial charge < -0.3 is 14.6 Å². The van der Waals surface area contributed by atoms with Gasteiger partial charge in [-0.3, -0.25) is 9.69 Å². The Bertz CT molecular complexity index is 287. The lowest BCUT2D eigenvalue weighted by molar-refractivity contribution is -0.143. The van der Waals surface area contributed by atoms with Gasteiger partial charge in [-0.15, -0.1) is 0 Å². The predicted octanol–water partition coefficient (Wildman–Crippen LogP) is 1.37. The predicted molar refractivity (Wildman–Crippen MR) is 68.8 cm³/mol. The fraction of sp³-hybridized carbons (Fsp3) is 0.923. The molecule has 1 heterocycles. The number of methoxy groups -OCH3 is 1. The van der Waals surface area contributed by atoms with Gasteiger partial charge in [0.25, 0.3) is 0 Å². The third-order valence-electron chi connectivity index (χ3n) is 3.67. The first-order chi connectivity index (χ1) is 8.29. The molecule has 0 aromatic carbocycles. The summed E-state index contributed by atoms with van der Waals surface area (Å²) in [4.78, 5) is 13.3. The Kier molecular flexibility index (Phi) is 5.13. The van der Waals surface area contributed by atoms with Crippen LogP contribution < -0.4 is 0 Å². The Labute approximate surface area is 109 Å². The molecular formula is C13H25NO4. The molecule has 1 rings (SSSR count). The number of hydrogen-bond acceptors (Lipinski definition) is 4. The molecule has 0 radical (unpaired) electrons. The maximum absolute atomic E-state index is 11.1. The summed E-state index contributed by atoms with van der Waals surface area (Å²) in [5.41, 5.74) is -0.725. The van der Waals surface area contributed by atoms with Gasteiger partial charge in [0.05, 0.1) is 25.2 Å². The van der Waals surface area contributed by atoms with Crippen LogP contribution in [-0.4, -0.2) is 60.5 Å². The van der Waals surface area contributed by atoms with E-state index in [2.05, 4.69) is 4.90 Å². The second-order valence-corrected chi connectivity index (χ2v) is 5.81. The van der Waals surface area contributed by atoms with E-state index in [1.54, 1.807) is 7.11 Å². The van der Waals surface area contributed by atoms with Crippen LogP contribution >= 0.6 is 0 Å².